The van der Waals surface area contributed by atoms with Crippen LogP contribution in [0.25, 0.3) is 0 Å². The fourth-order valence-electron chi connectivity index (χ4n) is 3.15. The van der Waals surface area contributed by atoms with Gasteiger partial charge in [-0.3, -0.25) is 0 Å². The Balaban J connectivity index is 2.13. The van der Waals surface area contributed by atoms with Crippen molar-refractivity contribution in [2.45, 2.75) is 39.2 Å². The van der Waals surface area contributed by atoms with Crippen molar-refractivity contribution in [2.75, 3.05) is 13.1 Å². The lowest BCUT2D eigenvalue weighted by Crippen LogP contribution is -2.35. The molecule has 2 rings (SSSR count). The van der Waals surface area contributed by atoms with E-state index in [2.05, 4.69) is 38.2 Å². The number of rotatable bonds is 3. The minimum Gasteiger partial charge on any atom is -0.330 e. The minimum atomic E-state index is 0.333. The lowest BCUT2D eigenvalue weighted by atomic mass is 9.79. The van der Waals surface area contributed by atoms with Crippen molar-refractivity contribution in [3.05, 3.63) is 34.9 Å². The average Bonchev–Trinajstić information content (AvgIpc) is 2.70. The van der Waals surface area contributed by atoms with E-state index in [0.717, 1.165) is 18.1 Å². The second-order valence-electron chi connectivity index (χ2n) is 6.84. The van der Waals surface area contributed by atoms with Gasteiger partial charge in [0.25, 0.3) is 0 Å². The Morgan fingerprint density at radius 1 is 1.26 bits per heavy atom. The van der Waals surface area contributed by atoms with Gasteiger partial charge in [0.1, 0.15) is 0 Å². The zero-order chi connectivity index (χ0) is 14.0. The Bertz CT molecular complexity index is 408. The molecule has 1 aliphatic rings. The Morgan fingerprint density at radius 3 is 2.42 bits per heavy atom. The highest BCUT2D eigenvalue weighted by Crippen LogP contribution is 2.36. The second kappa shape index (κ2) is 5.82. The van der Waals surface area contributed by atoms with Gasteiger partial charge in [-0.05, 0) is 42.0 Å². The largest absolute Gasteiger partial charge is 0.330 e. The minimum absolute atomic E-state index is 0.333. The standard InChI is InChI=1S/C16H25ClN2/c1-16(2,3)8-15-13(9-18)14(10-19-15)11-4-6-12(17)7-5-11/h4-7,13-15,19H,8-10,18H2,1-3H3/t13-,14+,15-/m0/s1. The predicted octanol–water partition coefficient (Wildman–Crippen LogP) is 3.41. The maximum atomic E-state index is 6.03. The third kappa shape index (κ3) is 3.71. The summed E-state index contributed by atoms with van der Waals surface area (Å²) < 4.78 is 0. The van der Waals surface area contributed by atoms with E-state index in [0.29, 0.717) is 23.3 Å². The van der Waals surface area contributed by atoms with E-state index in [1.807, 2.05) is 12.1 Å². The highest BCUT2D eigenvalue weighted by Gasteiger charge is 2.37. The molecule has 0 aromatic heterocycles. The fraction of sp³-hybridized carbons (Fsp3) is 0.625. The van der Waals surface area contributed by atoms with Gasteiger partial charge in [-0.15, -0.1) is 0 Å². The molecular weight excluding hydrogens is 256 g/mol. The SMILES string of the molecule is CC(C)(C)C[C@@H]1NC[C@H](c2ccc(Cl)cc2)[C@@H]1CN. The van der Waals surface area contributed by atoms with Crippen LogP contribution in [0.1, 0.15) is 38.7 Å². The van der Waals surface area contributed by atoms with Crippen molar-refractivity contribution in [1.29, 1.82) is 0 Å². The van der Waals surface area contributed by atoms with Gasteiger partial charge >= 0.3 is 0 Å². The summed E-state index contributed by atoms with van der Waals surface area (Å²) in [7, 11) is 0. The van der Waals surface area contributed by atoms with Crippen molar-refractivity contribution in [1.82, 2.24) is 5.32 Å². The number of halogens is 1. The van der Waals surface area contributed by atoms with Gasteiger partial charge in [-0.1, -0.05) is 44.5 Å². The van der Waals surface area contributed by atoms with E-state index in [1.165, 1.54) is 12.0 Å². The summed E-state index contributed by atoms with van der Waals surface area (Å²) >= 11 is 5.96. The number of nitrogens with two attached hydrogens (primary N) is 1. The third-order valence-corrected chi connectivity index (χ3v) is 4.29. The second-order valence-corrected chi connectivity index (χ2v) is 7.27. The van der Waals surface area contributed by atoms with E-state index >= 15 is 0 Å². The number of hydrogen-bond donors (Lipinski definition) is 2. The van der Waals surface area contributed by atoms with E-state index in [4.69, 9.17) is 17.3 Å². The average molecular weight is 281 g/mol. The fourth-order valence-corrected chi connectivity index (χ4v) is 3.27. The van der Waals surface area contributed by atoms with E-state index < -0.39 is 0 Å². The molecule has 1 fully saturated rings. The maximum Gasteiger partial charge on any atom is 0.0406 e. The predicted molar refractivity (Wildman–Crippen MR) is 82.6 cm³/mol. The monoisotopic (exact) mass is 280 g/mol. The van der Waals surface area contributed by atoms with Gasteiger partial charge in [0.15, 0.2) is 0 Å². The molecule has 3 heteroatoms. The molecule has 0 amide bonds. The molecular formula is C16H25ClN2. The molecule has 0 radical (unpaired) electrons. The Hall–Kier alpha value is -0.570. The van der Waals surface area contributed by atoms with Crippen LogP contribution in [0.2, 0.25) is 5.02 Å². The van der Waals surface area contributed by atoms with Crippen molar-refractivity contribution in [3.8, 4) is 0 Å². The van der Waals surface area contributed by atoms with Gasteiger partial charge in [0.2, 0.25) is 0 Å². The third-order valence-electron chi connectivity index (χ3n) is 4.04. The lowest BCUT2D eigenvalue weighted by Gasteiger charge is -2.28. The summed E-state index contributed by atoms with van der Waals surface area (Å²) in [5.74, 6) is 1.02. The first kappa shape index (κ1) is 14.8. The maximum absolute atomic E-state index is 6.03. The molecule has 3 N–H and O–H groups in total. The first-order valence-corrected chi connectivity index (χ1v) is 7.47. The van der Waals surface area contributed by atoms with Crippen LogP contribution in [0.3, 0.4) is 0 Å². The molecule has 2 nitrogen and oxygen atoms in total. The van der Waals surface area contributed by atoms with Crippen molar-refractivity contribution in [3.63, 3.8) is 0 Å². The zero-order valence-corrected chi connectivity index (χ0v) is 12.9. The first-order chi connectivity index (χ1) is 8.90. The molecule has 0 aliphatic carbocycles. The molecule has 1 aromatic rings. The zero-order valence-electron chi connectivity index (χ0n) is 12.1. The van der Waals surface area contributed by atoms with E-state index in [1.54, 1.807) is 0 Å². The van der Waals surface area contributed by atoms with Gasteiger partial charge in [0, 0.05) is 23.5 Å². The molecule has 19 heavy (non-hydrogen) atoms. The summed E-state index contributed by atoms with van der Waals surface area (Å²) in [6, 6.07) is 8.74. The molecule has 1 heterocycles. The summed E-state index contributed by atoms with van der Waals surface area (Å²) in [4.78, 5) is 0. The van der Waals surface area contributed by atoms with Crippen molar-refractivity contribution in [2.24, 2.45) is 17.1 Å². The number of benzene rings is 1. The Morgan fingerprint density at radius 2 is 1.89 bits per heavy atom. The molecule has 0 bridgehead atoms. The molecule has 0 saturated carbocycles. The van der Waals surface area contributed by atoms with Crippen molar-refractivity contribution >= 4 is 11.6 Å². The molecule has 0 unspecified atom stereocenters. The highest BCUT2D eigenvalue weighted by atomic mass is 35.5. The Kier molecular flexibility index (Phi) is 4.54. The van der Waals surface area contributed by atoms with Crippen LogP contribution < -0.4 is 11.1 Å². The van der Waals surface area contributed by atoms with Gasteiger partial charge in [-0.2, -0.15) is 0 Å². The van der Waals surface area contributed by atoms with Crippen LogP contribution in [0, 0.1) is 11.3 Å². The van der Waals surface area contributed by atoms with Gasteiger partial charge in [0.05, 0.1) is 0 Å². The molecule has 1 aromatic carbocycles. The normalized spacial score (nSPS) is 27.7. The number of hydrogen-bond acceptors (Lipinski definition) is 2. The molecule has 1 aliphatic heterocycles. The van der Waals surface area contributed by atoms with E-state index in [9.17, 15) is 0 Å². The first-order valence-electron chi connectivity index (χ1n) is 7.09. The highest BCUT2D eigenvalue weighted by molar-refractivity contribution is 6.30. The quantitative estimate of drug-likeness (QED) is 0.890. The van der Waals surface area contributed by atoms with Crippen LogP contribution in [-0.4, -0.2) is 19.1 Å². The summed E-state index contributed by atoms with van der Waals surface area (Å²) in [5, 5.41) is 4.46. The Labute approximate surface area is 121 Å². The van der Waals surface area contributed by atoms with E-state index in [-0.39, 0.29) is 0 Å². The molecule has 1 saturated heterocycles. The van der Waals surface area contributed by atoms with Crippen LogP contribution >= 0.6 is 11.6 Å². The molecule has 106 valence electrons. The topological polar surface area (TPSA) is 38.0 Å². The van der Waals surface area contributed by atoms with Crippen LogP contribution in [0.5, 0.6) is 0 Å². The molecule has 0 spiro atoms. The molecule has 3 atom stereocenters. The van der Waals surface area contributed by atoms with Crippen molar-refractivity contribution < 1.29 is 0 Å². The summed E-state index contributed by atoms with van der Waals surface area (Å²) in [6.45, 7) is 8.62. The van der Waals surface area contributed by atoms with Gasteiger partial charge in [-0.25, -0.2) is 0 Å². The van der Waals surface area contributed by atoms with Crippen LogP contribution in [-0.2, 0) is 0 Å². The summed E-state index contributed by atoms with van der Waals surface area (Å²) in [5.41, 5.74) is 7.72. The van der Waals surface area contributed by atoms with Gasteiger partial charge < -0.3 is 11.1 Å². The smallest absolute Gasteiger partial charge is 0.0406 e. The summed E-state index contributed by atoms with van der Waals surface area (Å²) in [6.07, 6.45) is 1.17. The van der Waals surface area contributed by atoms with Crippen LogP contribution in [0.15, 0.2) is 24.3 Å². The number of nitrogens with one attached hydrogen (secondary N) is 1. The van der Waals surface area contributed by atoms with Crippen LogP contribution in [0.4, 0.5) is 0 Å². The lowest BCUT2D eigenvalue weighted by molar-refractivity contribution is 0.283.